The van der Waals surface area contributed by atoms with Crippen LogP contribution in [-0.4, -0.2) is 24.4 Å². The summed E-state index contributed by atoms with van der Waals surface area (Å²) in [6.07, 6.45) is 1.24. The van der Waals surface area contributed by atoms with Crippen LogP contribution in [0, 0.1) is 5.92 Å². The van der Waals surface area contributed by atoms with E-state index < -0.39 is 6.04 Å². The topological polar surface area (TPSA) is 49.4 Å². The zero-order chi connectivity index (χ0) is 13.1. The predicted molar refractivity (Wildman–Crippen MR) is 72.7 cm³/mol. The van der Waals surface area contributed by atoms with E-state index in [2.05, 4.69) is 5.32 Å². The van der Waals surface area contributed by atoms with Crippen LogP contribution in [0.25, 0.3) is 0 Å². The van der Waals surface area contributed by atoms with E-state index >= 15 is 0 Å². The second kappa shape index (κ2) is 5.52. The minimum absolute atomic E-state index is 0.00796. The maximum Gasteiger partial charge on any atom is 0.249 e. The number of nitrogens with one attached hydrogen (secondary N) is 1. The molecule has 1 N–H and O–H groups in total. The Morgan fingerprint density at radius 1 is 1.56 bits per heavy atom. The van der Waals surface area contributed by atoms with Crippen molar-refractivity contribution in [2.45, 2.75) is 32.7 Å². The van der Waals surface area contributed by atoms with Gasteiger partial charge in [0, 0.05) is 18.3 Å². The molecule has 1 fully saturated rings. The molecule has 2 unspecified atom stereocenters. The van der Waals surface area contributed by atoms with Crippen LogP contribution in [0.5, 0.6) is 0 Å². The lowest BCUT2D eigenvalue weighted by Crippen LogP contribution is -2.48. The lowest BCUT2D eigenvalue weighted by atomic mass is 9.98. The summed E-state index contributed by atoms with van der Waals surface area (Å²) in [6, 6.07) is 1.52. The number of anilines is 1. The van der Waals surface area contributed by atoms with Crippen LogP contribution in [-0.2, 0) is 9.59 Å². The molecule has 98 valence electrons. The second-order valence-corrected chi connectivity index (χ2v) is 5.43. The standard InChI is InChI=1S/C13H18N2O2S/c1-3-9(2)12-13(17)15(6-4-11(16)14-12)10-5-7-18-8-10/h5,7-9,12H,3-4,6H2,1-2H3,(H,14,16). The van der Waals surface area contributed by atoms with Crippen LogP contribution in [0.3, 0.4) is 0 Å². The molecule has 0 aliphatic carbocycles. The summed E-state index contributed by atoms with van der Waals surface area (Å²) in [4.78, 5) is 25.9. The summed E-state index contributed by atoms with van der Waals surface area (Å²) < 4.78 is 0. The fourth-order valence-electron chi connectivity index (χ4n) is 2.09. The quantitative estimate of drug-likeness (QED) is 0.910. The lowest BCUT2D eigenvalue weighted by molar-refractivity contribution is -0.126. The van der Waals surface area contributed by atoms with Crippen molar-refractivity contribution in [3.05, 3.63) is 16.8 Å². The van der Waals surface area contributed by atoms with Crippen LogP contribution in [0.15, 0.2) is 16.8 Å². The van der Waals surface area contributed by atoms with Gasteiger partial charge in [0.05, 0.1) is 5.69 Å². The van der Waals surface area contributed by atoms with Crippen LogP contribution >= 0.6 is 11.3 Å². The van der Waals surface area contributed by atoms with E-state index in [1.807, 2.05) is 30.7 Å². The van der Waals surface area contributed by atoms with Crippen LogP contribution in [0.2, 0.25) is 0 Å². The fraction of sp³-hybridized carbons (Fsp3) is 0.538. The molecule has 5 heteroatoms. The number of rotatable bonds is 3. The van der Waals surface area contributed by atoms with Crippen molar-refractivity contribution in [1.82, 2.24) is 5.32 Å². The van der Waals surface area contributed by atoms with E-state index in [4.69, 9.17) is 0 Å². The Balaban J connectivity index is 2.26. The smallest absolute Gasteiger partial charge is 0.249 e. The minimum atomic E-state index is -0.398. The number of hydrogen-bond acceptors (Lipinski definition) is 3. The average Bonchev–Trinajstić information content (AvgIpc) is 2.84. The van der Waals surface area contributed by atoms with Gasteiger partial charge in [-0.2, -0.15) is 11.3 Å². The van der Waals surface area contributed by atoms with E-state index in [9.17, 15) is 9.59 Å². The molecule has 1 aromatic rings. The summed E-state index contributed by atoms with van der Waals surface area (Å²) in [5.74, 6) is 0.126. The average molecular weight is 266 g/mol. The number of amides is 2. The fourth-order valence-corrected chi connectivity index (χ4v) is 2.73. The van der Waals surface area contributed by atoms with Gasteiger partial charge in [-0.15, -0.1) is 0 Å². The number of carbonyl (C=O) groups excluding carboxylic acids is 2. The van der Waals surface area contributed by atoms with E-state index in [0.29, 0.717) is 13.0 Å². The highest BCUT2D eigenvalue weighted by Gasteiger charge is 2.33. The molecule has 1 aliphatic heterocycles. The van der Waals surface area contributed by atoms with Gasteiger partial charge in [0.25, 0.3) is 0 Å². The summed E-state index contributed by atoms with van der Waals surface area (Å²) >= 11 is 1.56. The molecule has 1 saturated heterocycles. The zero-order valence-electron chi connectivity index (χ0n) is 10.7. The van der Waals surface area contributed by atoms with Crippen molar-refractivity contribution in [2.75, 3.05) is 11.4 Å². The highest BCUT2D eigenvalue weighted by molar-refractivity contribution is 7.08. The first-order valence-electron chi connectivity index (χ1n) is 6.26. The molecule has 0 aromatic carbocycles. The monoisotopic (exact) mass is 266 g/mol. The van der Waals surface area contributed by atoms with Gasteiger partial charge in [-0.05, 0) is 17.4 Å². The van der Waals surface area contributed by atoms with Gasteiger partial charge in [-0.1, -0.05) is 20.3 Å². The summed E-state index contributed by atoms with van der Waals surface area (Å²) in [6.45, 7) is 4.50. The third-order valence-corrected chi connectivity index (χ3v) is 4.11. The van der Waals surface area contributed by atoms with Crippen LogP contribution in [0.1, 0.15) is 26.7 Å². The molecule has 0 radical (unpaired) electrons. The summed E-state index contributed by atoms with van der Waals surface area (Å²) in [7, 11) is 0. The van der Waals surface area contributed by atoms with Crippen molar-refractivity contribution >= 4 is 28.8 Å². The van der Waals surface area contributed by atoms with Gasteiger partial charge in [0.2, 0.25) is 11.8 Å². The Labute approximate surface area is 111 Å². The predicted octanol–water partition coefficient (Wildman–Crippen LogP) is 2.02. The number of nitrogens with zero attached hydrogens (tertiary/aromatic N) is 1. The molecule has 0 bridgehead atoms. The van der Waals surface area contributed by atoms with Crippen LogP contribution in [0.4, 0.5) is 5.69 Å². The Kier molecular flexibility index (Phi) is 4.01. The van der Waals surface area contributed by atoms with E-state index in [-0.39, 0.29) is 17.7 Å². The number of hydrogen-bond donors (Lipinski definition) is 1. The first-order chi connectivity index (χ1) is 8.63. The van der Waals surface area contributed by atoms with Gasteiger partial charge in [0.15, 0.2) is 0 Å². The molecular formula is C13H18N2O2S. The minimum Gasteiger partial charge on any atom is -0.344 e. The molecule has 2 amide bonds. The van der Waals surface area contributed by atoms with Gasteiger partial charge < -0.3 is 10.2 Å². The van der Waals surface area contributed by atoms with Crippen molar-refractivity contribution in [3.8, 4) is 0 Å². The van der Waals surface area contributed by atoms with Gasteiger partial charge in [-0.3, -0.25) is 9.59 Å². The summed E-state index contributed by atoms with van der Waals surface area (Å²) in [5, 5.41) is 6.74. The molecule has 0 spiro atoms. The third-order valence-electron chi connectivity index (χ3n) is 3.44. The van der Waals surface area contributed by atoms with Crippen molar-refractivity contribution in [3.63, 3.8) is 0 Å². The van der Waals surface area contributed by atoms with Gasteiger partial charge in [0.1, 0.15) is 6.04 Å². The highest BCUT2D eigenvalue weighted by Crippen LogP contribution is 2.23. The SMILES string of the molecule is CCC(C)C1NC(=O)CCN(c2ccsc2)C1=O. The van der Waals surface area contributed by atoms with Crippen molar-refractivity contribution < 1.29 is 9.59 Å². The molecule has 2 heterocycles. The maximum atomic E-state index is 12.5. The highest BCUT2D eigenvalue weighted by atomic mass is 32.1. The Morgan fingerprint density at radius 3 is 2.94 bits per heavy atom. The molecule has 2 rings (SSSR count). The van der Waals surface area contributed by atoms with Gasteiger partial charge >= 0.3 is 0 Å². The molecule has 2 atom stereocenters. The maximum absolute atomic E-state index is 12.5. The third kappa shape index (κ3) is 2.56. The Hall–Kier alpha value is -1.36. The second-order valence-electron chi connectivity index (χ2n) is 4.65. The van der Waals surface area contributed by atoms with E-state index in [1.54, 1.807) is 16.2 Å². The molecule has 4 nitrogen and oxygen atoms in total. The largest absolute Gasteiger partial charge is 0.344 e. The molecule has 1 aromatic heterocycles. The molecular weight excluding hydrogens is 248 g/mol. The first kappa shape index (κ1) is 13.1. The lowest BCUT2D eigenvalue weighted by Gasteiger charge is -2.26. The first-order valence-corrected chi connectivity index (χ1v) is 7.20. The molecule has 0 saturated carbocycles. The zero-order valence-corrected chi connectivity index (χ0v) is 11.5. The normalized spacial score (nSPS) is 22.6. The van der Waals surface area contributed by atoms with Crippen molar-refractivity contribution in [2.24, 2.45) is 5.92 Å². The Morgan fingerprint density at radius 2 is 2.33 bits per heavy atom. The number of carbonyl (C=O) groups is 2. The summed E-state index contributed by atoms with van der Waals surface area (Å²) in [5.41, 5.74) is 0.898. The van der Waals surface area contributed by atoms with E-state index in [0.717, 1.165) is 12.1 Å². The molecule has 18 heavy (non-hydrogen) atoms. The molecule has 1 aliphatic rings. The Bertz CT molecular complexity index is 430. The van der Waals surface area contributed by atoms with Crippen LogP contribution < -0.4 is 10.2 Å². The van der Waals surface area contributed by atoms with Gasteiger partial charge in [-0.25, -0.2) is 0 Å². The van der Waals surface area contributed by atoms with Crippen molar-refractivity contribution in [1.29, 1.82) is 0 Å². The van der Waals surface area contributed by atoms with E-state index in [1.165, 1.54) is 0 Å². The number of thiophene rings is 1.